The van der Waals surface area contributed by atoms with Gasteiger partial charge in [0, 0.05) is 6.42 Å². The van der Waals surface area contributed by atoms with Crippen LogP contribution in [0.1, 0.15) is 7.12 Å². The van der Waals surface area contributed by atoms with Crippen molar-refractivity contribution in [2.24, 2.45) is 5.73 Å². The Hall–Kier alpha value is 0.270. The van der Waals surface area contributed by atoms with Gasteiger partial charge in [-0.05, 0) is 6.54 Å². The maximum atomic E-state index is 11.1. The number of phosphoric acid groups is 2. The van der Waals surface area contributed by atoms with Crippen LogP contribution in [-0.4, -0.2) is 30.9 Å². The quantitative estimate of drug-likeness (QED) is 0.305. The van der Waals surface area contributed by atoms with Crippen LogP contribution in [0.5, 0.6) is 0 Å². The van der Waals surface area contributed by atoms with E-state index in [-0.39, 0.29) is 31.0 Å². The molecule has 1 aromatic rings. The Morgan fingerprint density at radius 2 is 2.06 bits per heavy atom. The Morgan fingerprint density at radius 3 is 2.56 bits per heavy atom. The standard InChI is InChI=1S/C5H11N3O7P2.Na.H/c6-2-1-5-3-8(4-7-5)14-17(12,13)15-16(9,10)11;;/h3-4H,1-2,6H2,(H,12,13)(H2,9,10,11);;/q;+1;-1. The molecule has 1 heterocycles. The zero-order chi connectivity index (χ0) is 13.1. The van der Waals surface area contributed by atoms with Crippen LogP contribution in [0, 0.1) is 0 Å². The van der Waals surface area contributed by atoms with Gasteiger partial charge in [0.05, 0.1) is 11.9 Å². The minimum absolute atomic E-state index is 0. The Kier molecular flexibility index (Phi) is 7.27. The molecule has 0 spiro atoms. The van der Waals surface area contributed by atoms with E-state index >= 15 is 0 Å². The molecule has 0 saturated carbocycles. The van der Waals surface area contributed by atoms with Gasteiger partial charge in [0.2, 0.25) is 0 Å². The summed E-state index contributed by atoms with van der Waals surface area (Å²) in [5.74, 6) is 0. The van der Waals surface area contributed by atoms with Gasteiger partial charge in [-0.3, -0.25) is 4.89 Å². The molecule has 100 valence electrons. The van der Waals surface area contributed by atoms with Crippen molar-refractivity contribution in [3.05, 3.63) is 18.2 Å². The normalized spacial score (nSPS) is 14.7. The van der Waals surface area contributed by atoms with E-state index in [0.717, 1.165) is 6.33 Å². The van der Waals surface area contributed by atoms with Crippen LogP contribution >= 0.6 is 15.6 Å². The smallest absolute Gasteiger partial charge is 1.00 e. The molecular weight excluding hydrogens is 299 g/mol. The van der Waals surface area contributed by atoms with E-state index in [2.05, 4.69) is 13.9 Å². The van der Waals surface area contributed by atoms with E-state index < -0.39 is 15.6 Å². The number of aromatic nitrogens is 2. The molecule has 1 rings (SSSR count). The van der Waals surface area contributed by atoms with E-state index in [0.29, 0.717) is 23.4 Å². The molecule has 18 heavy (non-hydrogen) atoms. The van der Waals surface area contributed by atoms with E-state index in [4.69, 9.17) is 20.4 Å². The van der Waals surface area contributed by atoms with Crippen molar-refractivity contribution in [2.45, 2.75) is 6.42 Å². The second-order valence-corrected chi connectivity index (χ2v) is 5.62. The summed E-state index contributed by atoms with van der Waals surface area (Å²) in [5.41, 5.74) is 5.75. The molecule has 1 aromatic heterocycles. The van der Waals surface area contributed by atoms with Crippen LogP contribution in [0.3, 0.4) is 0 Å². The molecular formula is C5H12N3NaO7P2. The zero-order valence-corrected chi connectivity index (χ0v) is 13.2. The predicted molar refractivity (Wildman–Crippen MR) is 55.6 cm³/mol. The SMILES string of the molecule is NCCc1cn(OP(=O)(O)OP(=O)(O)O)cn1.[H-].[Na+]. The van der Waals surface area contributed by atoms with Crippen LogP contribution in [0.15, 0.2) is 12.5 Å². The van der Waals surface area contributed by atoms with Crippen molar-refractivity contribution in [1.82, 2.24) is 9.71 Å². The third-order valence-electron chi connectivity index (χ3n) is 1.42. The fourth-order valence-electron chi connectivity index (χ4n) is 0.935. The fraction of sp³-hybridized carbons (Fsp3) is 0.400. The third-order valence-corrected chi connectivity index (χ3v) is 3.49. The second kappa shape index (κ2) is 7.16. The average molecular weight is 311 g/mol. The molecule has 1 unspecified atom stereocenters. The van der Waals surface area contributed by atoms with Crippen molar-refractivity contribution in [3.8, 4) is 0 Å². The molecule has 0 saturated heterocycles. The third kappa shape index (κ3) is 7.01. The molecule has 0 radical (unpaired) electrons. The molecule has 13 heteroatoms. The van der Waals surface area contributed by atoms with Gasteiger partial charge in [-0.25, -0.2) is 14.1 Å². The second-order valence-electron chi connectivity index (χ2n) is 2.89. The van der Waals surface area contributed by atoms with E-state index in [9.17, 15) is 9.13 Å². The number of imidazole rings is 1. The van der Waals surface area contributed by atoms with Crippen molar-refractivity contribution in [3.63, 3.8) is 0 Å². The minimum Gasteiger partial charge on any atom is -1.00 e. The molecule has 0 aliphatic rings. The Labute approximate surface area is 126 Å². The van der Waals surface area contributed by atoms with Gasteiger partial charge in [0.15, 0.2) is 0 Å². The van der Waals surface area contributed by atoms with Gasteiger partial charge < -0.3 is 21.6 Å². The molecule has 0 bridgehead atoms. The van der Waals surface area contributed by atoms with Crippen LogP contribution in [0.25, 0.3) is 0 Å². The van der Waals surface area contributed by atoms with E-state index in [1.165, 1.54) is 6.20 Å². The number of hydrogen-bond donors (Lipinski definition) is 4. The van der Waals surface area contributed by atoms with E-state index in [1.54, 1.807) is 0 Å². The fourth-order valence-corrected chi connectivity index (χ4v) is 2.46. The zero-order valence-electron chi connectivity index (χ0n) is 10.4. The van der Waals surface area contributed by atoms with Crippen LogP contribution in [0.2, 0.25) is 0 Å². The van der Waals surface area contributed by atoms with Crippen molar-refractivity contribution in [2.75, 3.05) is 6.54 Å². The molecule has 10 nitrogen and oxygen atoms in total. The van der Waals surface area contributed by atoms with Gasteiger partial charge in [0.1, 0.15) is 6.33 Å². The first kappa shape index (κ1) is 18.3. The number of nitrogens with zero attached hydrogens (tertiary/aromatic N) is 2. The average Bonchev–Trinajstić information content (AvgIpc) is 2.47. The van der Waals surface area contributed by atoms with Gasteiger partial charge in [-0.15, -0.1) is 0 Å². The van der Waals surface area contributed by atoms with Crippen LogP contribution in [0.4, 0.5) is 0 Å². The molecule has 0 aliphatic carbocycles. The minimum atomic E-state index is -5.12. The summed E-state index contributed by atoms with van der Waals surface area (Å²) in [6.45, 7) is 0.326. The topological polar surface area (TPSA) is 157 Å². The van der Waals surface area contributed by atoms with E-state index in [1.807, 2.05) is 0 Å². The van der Waals surface area contributed by atoms with Gasteiger partial charge in [-0.1, -0.05) is 0 Å². The van der Waals surface area contributed by atoms with Crippen LogP contribution in [-0.2, 0) is 19.9 Å². The monoisotopic (exact) mass is 311 g/mol. The Balaban J connectivity index is 0. The Bertz CT molecular complexity index is 479. The number of rotatable bonds is 6. The summed E-state index contributed by atoms with van der Waals surface area (Å²) in [6, 6.07) is 0. The summed E-state index contributed by atoms with van der Waals surface area (Å²) in [6.07, 6.45) is 2.70. The van der Waals surface area contributed by atoms with Gasteiger partial charge in [0.25, 0.3) is 0 Å². The van der Waals surface area contributed by atoms with Crippen molar-refractivity contribution in [1.29, 1.82) is 0 Å². The first-order chi connectivity index (χ1) is 7.72. The molecule has 1 atom stereocenters. The number of nitrogens with two attached hydrogens (primary N) is 1. The van der Waals surface area contributed by atoms with Gasteiger partial charge >= 0.3 is 45.2 Å². The maximum absolute atomic E-state index is 11.1. The number of hydrogen-bond acceptors (Lipinski definition) is 6. The summed E-state index contributed by atoms with van der Waals surface area (Å²) < 4.78 is 30.1. The van der Waals surface area contributed by atoms with Crippen molar-refractivity contribution < 1.29 is 63.7 Å². The first-order valence-electron chi connectivity index (χ1n) is 4.24. The first-order valence-corrected chi connectivity index (χ1v) is 7.27. The molecule has 0 fully saturated rings. The molecule has 0 aromatic carbocycles. The largest absolute Gasteiger partial charge is 1.00 e. The summed E-state index contributed by atoms with van der Waals surface area (Å²) in [7, 11) is -10.0. The van der Waals surface area contributed by atoms with Crippen LogP contribution < -0.4 is 39.9 Å². The summed E-state index contributed by atoms with van der Waals surface area (Å²) in [5, 5.41) is 0. The molecule has 5 N–H and O–H groups in total. The molecule has 0 aliphatic heterocycles. The maximum Gasteiger partial charge on any atom is 1.00 e. The van der Waals surface area contributed by atoms with Crippen molar-refractivity contribution >= 4 is 15.6 Å². The summed E-state index contributed by atoms with van der Waals surface area (Å²) in [4.78, 5) is 29.5. The van der Waals surface area contributed by atoms with Gasteiger partial charge in [-0.2, -0.15) is 9.04 Å². The summed E-state index contributed by atoms with van der Waals surface area (Å²) >= 11 is 0. The molecule has 0 amide bonds. The predicted octanol–water partition coefficient (Wildman–Crippen LogP) is -3.86. The Morgan fingerprint density at radius 1 is 1.44 bits per heavy atom.